The molecule has 0 saturated heterocycles. The molecule has 2 N–H and O–H groups in total. The van der Waals surface area contributed by atoms with E-state index in [2.05, 4.69) is 4.98 Å². The second-order valence-corrected chi connectivity index (χ2v) is 4.11. The zero-order valence-electron chi connectivity index (χ0n) is 10.5. The minimum absolute atomic E-state index is 0.314. The van der Waals surface area contributed by atoms with Gasteiger partial charge in [-0.3, -0.25) is 9.78 Å². The fourth-order valence-electron chi connectivity index (χ4n) is 1.36. The van der Waals surface area contributed by atoms with Gasteiger partial charge in [0.15, 0.2) is 0 Å². The third kappa shape index (κ3) is 5.22. The molecule has 0 aliphatic heterocycles. The summed E-state index contributed by atoms with van der Waals surface area (Å²) in [5.74, 6) is -3.26. The number of nitrogens with zero attached hydrogens (tertiary/aromatic N) is 1. The average molecular weight is 330 g/mol. The Bertz CT molecular complexity index is 552. The number of carbonyl (C=O) groups is 2. The Morgan fingerprint density at radius 3 is 2.14 bits per heavy atom. The van der Waals surface area contributed by atoms with Crippen LogP contribution in [0.4, 0.5) is 26.3 Å². The zero-order valence-corrected chi connectivity index (χ0v) is 10.5. The topological polar surface area (TPSA) is 79.3 Å². The van der Waals surface area contributed by atoms with Gasteiger partial charge in [0, 0.05) is 6.20 Å². The number of carbonyl (C=O) groups excluding carboxylic acids is 1. The number of nitrogens with one attached hydrogen (secondary N) is 1. The smallest absolute Gasteiger partial charge is 0.417 e. The van der Waals surface area contributed by atoms with Crippen LogP contribution in [-0.4, -0.2) is 34.2 Å². The number of carboxylic acid groups (broad SMARTS) is 1. The van der Waals surface area contributed by atoms with Crippen LogP contribution >= 0.6 is 0 Å². The number of aliphatic carboxylic acids is 1. The summed E-state index contributed by atoms with van der Waals surface area (Å²) in [6.45, 7) is 0. The SMILES string of the molecule is O=C(NC(CC(F)(F)F)C(=O)O)c1ccc(C(F)(F)F)cn1. The lowest BCUT2D eigenvalue weighted by Crippen LogP contribution is -2.43. The molecule has 0 saturated carbocycles. The number of carboxylic acids is 1. The highest BCUT2D eigenvalue weighted by Crippen LogP contribution is 2.28. The van der Waals surface area contributed by atoms with Crippen LogP contribution in [0.5, 0.6) is 0 Å². The summed E-state index contributed by atoms with van der Waals surface area (Å²) in [6, 6.07) is -1.14. The maximum absolute atomic E-state index is 12.3. The molecule has 1 heterocycles. The van der Waals surface area contributed by atoms with Crippen LogP contribution in [-0.2, 0) is 11.0 Å². The molecule has 0 aliphatic carbocycles. The molecule has 22 heavy (non-hydrogen) atoms. The average Bonchev–Trinajstić information content (AvgIpc) is 2.35. The molecule has 0 spiro atoms. The van der Waals surface area contributed by atoms with E-state index in [0.717, 1.165) is 0 Å². The molecule has 122 valence electrons. The first-order valence-corrected chi connectivity index (χ1v) is 5.54. The maximum atomic E-state index is 12.3. The van der Waals surface area contributed by atoms with Gasteiger partial charge in [-0.2, -0.15) is 26.3 Å². The van der Waals surface area contributed by atoms with E-state index in [-0.39, 0.29) is 0 Å². The second-order valence-electron chi connectivity index (χ2n) is 4.11. The fourth-order valence-corrected chi connectivity index (χ4v) is 1.36. The van der Waals surface area contributed by atoms with Gasteiger partial charge in [-0.25, -0.2) is 4.79 Å². The van der Waals surface area contributed by atoms with Crippen LogP contribution in [0.2, 0.25) is 0 Å². The van der Waals surface area contributed by atoms with Gasteiger partial charge < -0.3 is 10.4 Å². The van der Waals surface area contributed by atoms with Crippen molar-refractivity contribution in [3.05, 3.63) is 29.6 Å². The van der Waals surface area contributed by atoms with Crippen molar-refractivity contribution in [1.29, 1.82) is 0 Å². The largest absolute Gasteiger partial charge is 0.480 e. The molecule has 11 heteroatoms. The predicted octanol–water partition coefficient (Wildman–Crippen LogP) is 2.24. The first kappa shape index (κ1) is 17.7. The summed E-state index contributed by atoms with van der Waals surface area (Å²) in [5.41, 5.74) is -1.80. The molecule has 1 unspecified atom stereocenters. The molecule has 0 fully saturated rings. The normalized spacial score (nSPS) is 13.5. The number of pyridine rings is 1. The van der Waals surface area contributed by atoms with Gasteiger partial charge >= 0.3 is 18.3 Å². The minimum atomic E-state index is -4.84. The zero-order chi connectivity index (χ0) is 17.1. The Morgan fingerprint density at radius 1 is 1.18 bits per heavy atom. The molecule has 1 aromatic heterocycles. The standard InChI is InChI=1S/C11H8F6N2O3/c12-10(13,14)3-7(9(21)22)19-8(20)6-2-1-5(4-18-6)11(15,16)17/h1-2,4,7H,3H2,(H,19,20)(H,21,22). The van der Waals surface area contributed by atoms with Crippen molar-refractivity contribution >= 4 is 11.9 Å². The summed E-state index contributed by atoms with van der Waals surface area (Å²) >= 11 is 0. The van der Waals surface area contributed by atoms with Gasteiger partial charge in [0.25, 0.3) is 5.91 Å². The van der Waals surface area contributed by atoms with E-state index >= 15 is 0 Å². The quantitative estimate of drug-likeness (QED) is 0.830. The molecule has 1 rings (SSSR count). The summed E-state index contributed by atoms with van der Waals surface area (Å²) in [6.07, 6.45) is -11.0. The highest BCUT2D eigenvalue weighted by atomic mass is 19.4. The summed E-state index contributed by atoms with van der Waals surface area (Å²) < 4.78 is 73.3. The monoisotopic (exact) mass is 330 g/mol. The highest BCUT2D eigenvalue weighted by molar-refractivity contribution is 5.94. The number of hydrogen-bond donors (Lipinski definition) is 2. The van der Waals surface area contributed by atoms with E-state index in [4.69, 9.17) is 5.11 Å². The number of rotatable bonds is 4. The third-order valence-corrected chi connectivity index (χ3v) is 2.36. The van der Waals surface area contributed by atoms with Crippen molar-refractivity contribution in [3.8, 4) is 0 Å². The lowest BCUT2D eigenvalue weighted by Gasteiger charge is -2.16. The van der Waals surface area contributed by atoms with Gasteiger partial charge in [-0.05, 0) is 12.1 Å². The lowest BCUT2D eigenvalue weighted by molar-refractivity contribution is -0.157. The van der Waals surface area contributed by atoms with E-state index in [9.17, 15) is 35.9 Å². The molecular weight excluding hydrogens is 322 g/mol. The summed E-state index contributed by atoms with van der Waals surface area (Å²) in [7, 11) is 0. The van der Waals surface area contributed by atoms with Crippen LogP contribution in [0.15, 0.2) is 18.3 Å². The molecule has 1 amide bonds. The number of hydrogen-bond acceptors (Lipinski definition) is 3. The van der Waals surface area contributed by atoms with Crippen molar-refractivity contribution in [2.24, 2.45) is 0 Å². The van der Waals surface area contributed by atoms with Gasteiger partial charge in [-0.1, -0.05) is 0 Å². The van der Waals surface area contributed by atoms with Crippen LogP contribution in [0, 0.1) is 0 Å². The summed E-state index contributed by atoms with van der Waals surface area (Å²) in [5, 5.41) is 10.1. The van der Waals surface area contributed by atoms with Crippen LogP contribution < -0.4 is 5.32 Å². The number of amides is 1. The third-order valence-electron chi connectivity index (χ3n) is 2.36. The molecule has 0 aromatic carbocycles. The molecule has 1 atom stereocenters. The van der Waals surface area contributed by atoms with Crippen LogP contribution in [0.25, 0.3) is 0 Å². The highest BCUT2D eigenvalue weighted by Gasteiger charge is 2.36. The van der Waals surface area contributed by atoms with Gasteiger partial charge in [0.1, 0.15) is 11.7 Å². The Labute approximate surface area is 119 Å². The molecule has 5 nitrogen and oxygen atoms in total. The number of aromatic nitrogens is 1. The van der Waals surface area contributed by atoms with E-state index in [0.29, 0.717) is 18.3 Å². The molecule has 0 radical (unpaired) electrons. The lowest BCUT2D eigenvalue weighted by atomic mass is 10.2. The number of alkyl halides is 6. The van der Waals surface area contributed by atoms with E-state index in [1.807, 2.05) is 0 Å². The second kappa shape index (κ2) is 6.20. The predicted molar refractivity (Wildman–Crippen MR) is 58.8 cm³/mol. The first-order valence-electron chi connectivity index (χ1n) is 5.54. The van der Waals surface area contributed by atoms with Crippen molar-refractivity contribution in [2.45, 2.75) is 24.8 Å². The number of halogens is 6. The Balaban J connectivity index is 2.85. The first-order chi connectivity index (χ1) is 9.90. The van der Waals surface area contributed by atoms with Gasteiger partial charge in [0.05, 0.1) is 12.0 Å². The van der Waals surface area contributed by atoms with Gasteiger partial charge in [-0.15, -0.1) is 0 Å². The maximum Gasteiger partial charge on any atom is 0.417 e. The van der Waals surface area contributed by atoms with Crippen molar-refractivity contribution < 1.29 is 41.0 Å². The fraction of sp³-hybridized carbons (Fsp3) is 0.364. The van der Waals surface area contributed by atoms with E-state index < -0.39 is 47.9 Å². The van der Waals surface area contributed by atoms with Crippen molar-refractivity contribution in [1.82, 2.24) is 10.3 Å². The van der Waals surface area contributed by atoms with Crippen LogP contribution in [0.1, 0.15) is 22.5 Å². The van der Waals surface area contributed by atoms with Gasteiger partial charge in [0.2, 0.25) is 0 Å². The molecule has 1 aromatic rings. The van der Waals surface area contributed by atoms with E-state index in [1.165, 1.54) is 0 Å². The molecule has 0 aliphatic rings. The van der Waals surface area contributed by atoms with Crippen molar-refractivity contribution in [3.63, 3.8) is 0 Å². The van der Waals surface area contributed by atoms with E-state index in [1.54, 1.807) is 5.32 Å². The molecule has 0 bridgehead atoms. The molecular formula is C11H8F6N2O3. The van der Waals surface area contributed by atoms with Crippen molar-refractivity contribution in [2.75, 3.05) is 0 Å². The Hall–Kier alpha value is -2.33. The van der Waals surface area contributed by atoms with Crippen LogP contribution in [0.3, 0.4) is 0 Å². The Kier molecular flexibility index (Phi) is 4.99. The Morgan fingerprint density at radius 2 is 1.77 bits per heavy atom. The minimum Gasteiger partial charge on any atom is -0.480 e. The summed E-state index contributed by atoms with van der Waals surface area (Å²) in [4.78, 5) is 25.3.